The van der Waals surface area contributed by atoms with E-state index in [-0.39, 0.29) is 104 Å². The molecule has 1 atom stereocenters. The first kappa shape index (κ1) is 75.5. The Labute approximate surface area is 513 Å². The Kier molecular flexibility index (Phi) is 39.9. The first-order chi connectivity index (χ1) is 42.6. The van der Waals surface area contributed by atoms with Crippen LogP contribution in [0.1, 0.15) is 86.3 Å². The van der Waals surface area contributed by atoms with Crippen LogP contribution in [0.2, 0.25) is 0 Å². The lowest BCUT2D eigenvalue weighted by Crippen LogP contribution is -2.39. The van der Waals surface area contributed by atoms with E-state index in [1.165, 1.54) is 12.2 Å². The van der Waals surface area contributed by atoms with Crippen LogP contribution in [0.3, 0.4) is 0 Å². The molecule has 3 aromatic carbocycles. The molecule has 0 aliphatic carbocycles. The van der Waals surface area contributed by atoms with Crippen molar-refractivity contribution in [3.05, 3.63) is 157 Å². The second-order valence-corrected chi connectivity index (χ2v) is 19.3. The number of carbonyl (C=O) groups excluding carboxylic acids is 5. The summed E-state index contributed by atoms with van der Waals surface area (Å²) >= 11 is 0. The average Bonchev–Trinajstić information content (AvgIpc) is 3.01. The summed E-state index contributed by atoms with van der Waals surface area (Å²) in [5.41, 5.74) is 4.15. The highest BCUT2D eigenvalue weighted by Crippen LogP contribution is 2.33. The molecule has 3 amide bonds. The Morgan fingerprint density at radius 1 is 0.523 bits per heavy atom. The van der Waals surface area contributed by atoms with Crippen LogP contribution in [0.15, 0.2) is 138 Å². The molecule has 0 aliphatic rings. The number of benzene rings is 3. The Morgan fingerprint density at radius 3 is 1.41 bits per heavy atom. The molecule has 88 heavy (non-hydrogen) atoms. The number of ether oxygens (including phenoxy) is 3. The van der Waals surface area contributed by atoms with E-state index < -0.39 is 41.0 Å². The highest BCUT2D eigenvalue weighted by molar-refractivity contribution is 5.92. The predicted octanol–water partition coefficient (Wildman–Crippen LogP) is 9.41. The van der Waals surface area contributed by atoms with Gasteiger partial charge in [-0.3, -0.25) is 29.4 Å². The fourth-order valence-electron chi connectivity index (χ4n) is 7.01. The summed E-state index contributed by atoms with van der Waals surface area (Å²) in [6.07, 6.45) is 8.33. The van der Waals surface area contributed by atoms with Gasteiger partial charge in [0.25, 0.3) is 0 Å². The van der Waals surface area contributed by atoms with E-state index in [2.05, 4.69) is 66.9 Å². The summed E-state index contributed by atoms with van der Waals surface area (Å²) in [6, 6.07) is 22.6. The van der Waals surface area contributed by atoms with Gasteiger partial charge in [0.1, 0.15) is 33.0 Å². The van der Waals surface area contributed by atoms with Gasteiger partial charge in [-0.05, 0) is 73.1 Å². The van der Waals surface area contributed by atoms with Crippen molar-refractivity contribution in [2.75, 3.05) is 66.2 Å². The maximum absolute atomic E-state index is 12.3. The standard InChI is InChI=1S/C36H45N3O10.C26H39N3O10/c1-5-32(40)18-36(7-3,19-33(41)6-2)24-47-49-26-38-21-29-12-14-30(15-13-29)22-39-35(44)45-17-16-31(34(42)43)23-46-48-25-37-20-28-10-8-27(4)9-11-28;1-5-13-34-36-18-26(7-3,19-37-35-14-6-2)17-32-25(31)29-16-23-11-9-22(10-12-23)15-27-20-38-39-21-33-24(30)28-8-4/h5-6,8-15,25-26,31H,1-2,7,16-24H2,3-4H3,(H,39,44)(H,42,43);5-6,9-12,20H,1-2,7-8,13-19,21H2,3-4H3,(H,28,30)(H,29,31). The van der Waals surface area contributed by atoms with E-state index in [1.807, 2.05) is 93.6 Å². The van der Waals surface area contributed by atoms with Gasteiger partial charge in [0.15, 0.2) is 11.6 Å². The number of rotatable bonds is 47. The van der Waals surface area contributed by atoms with Crippen molar-refractivity contribution >= 4 is 55.0 Å². The van der Waals surface area contributed by atoms with Crippen molar-refractivity contribution in [3.8, 4) is 0 Å². The second-order valence-electron chi connectivity index (χ2n) is 19.3. The lowest BCUT2D eigenvalue weighted by Gasteiger charge is -2.30. The van der Waals surface area contributed by atoms with Crippen LogP contribution in [0.25, 0.3) is 0 Å². The molecule has 26 nitrogen and oxygen atoms in total. The summed E-state index contributed by atoms with van der Waals surface area (Å²) in [5.74, 6) is -2.45. The molecule has 0 aromatic heterocycles. The van der Waals surface area contributed by atoms with E-state index in [4.69, 9.17) is 53.5 Å². The topological polar surface area (TPSA) is 316 Å². The molecule has 0 bridgehead atoms. The van der Waals surface area contributed by atoms with E-state index >= 15 is 0 Å². The SMILES string of the molecule is C=CC(=O)CC(CC)(COOC=NCc1ccc(CNC(=O)OCCC(COOC=NCc2ccc(C)cc2)C(=O)O)cc1)CC(=O)C=C.C=CCOOCC(CC)(COOCC=C)COC(=O)NCc1ccc(CN=COOCOC(=O)NCC)cc1. The Balaban J connectivity index is 0.000000616. The number of nitrogens with one attached hydrogen (secondary N) is 3. The third-order valence-corrected chi connectivity index (χ3v) is 12.5. The van der Waals surface area contributed by atoms with Crippen molar-refractivity contribution in [2.45, 2.75) is 92.5 Å². The highest BCUT2D eigenvalue weighted by atomic mass is 17.2. The number of allylic oxidation sites excluding steroid dienone is 2. The van der Waals surface area contributed by atoms with Gasteiger partial charge >= 0.3 is 24.2 Å². The van der Waals surface area contributed by atoms with E-state index in [0.717, 1.165) is 52.6 Å². The van der Waals surface area contributed by atoms with E-state index in [9.17, 15) is 33.9 Å². The predicted molar refractivity (Wildman–Crippen MR) is 323 cm³/mol. The number of aryl methyl sites for hydroxylation is 1. The summed E-state index contributed by atoms with van der Waals surface area (Å²) in [6.45, 7) is 23.6. The first-order valence-electron chi connectivity index (χ1n) is 28.0. The normalized spacial score (nSPS) is 11.6. The van der Waals surface area contributed by atoms with Crippen molar-refractivity contribution in [1.82, 2.24) is 16.0 Å². The third-order valence-electron chi connectivity index (χ3n) is 12.5. The summed E-state index contributed by atoms with van der Waals surface area (Å²) in [5, 5.41) is 17.2. The minimum Gasteiger partial charge on any atom is -0.481 e. The van der Waals surface area contributed by atoms with Crippen LogP contribution >= 0.6 is 0 Å². The highest BCUT2D eigenvalue weighted by Gasteiger charge is 2.34. The maximum Gasteiger partial charge on any atom is 0.409 e. The molecule has 0 saturated heterocycles. The number of carboxylic acids is 1. The number of aliphatic imine (C=N–C) groups is 3. The number of hydrogen-bond donors (Lipinski definition) is 4. The first-order valence-corrected chi connectivity index (χ1v) is 28.0. The molecule has 3 rings (SSSR count). The second kappa shape index (κ2) is 46.6. The fraction of sp³-hybridized carbons (Fsp3) is 0.435. The zero-order valence-corrected chi connectivity index (χ0v) is 50.6. The minimum atomic E-state index is -1.11. The van der Waals surface area contributed by atoms with Gasteiger partial charge < -0.3 is 49.9 Å². The Hall–Kier alpha value is -8.63. The Morgan fingerprint density at radius 2 is 0.955 bits per heavy atom. The van der Waals surface area contributed by atoms with E-state index in [0.29, 0.717) is 39.0 Å². The molecule has 3 aromatic rings. The molecule has 26 heteroatoms. The van der Waals surface area contributed by atoms with Crippen LogP contribution in [-0.2, 0) is 110 Å². The summed E-state index contributed by atoms with van der Waals surface area (Å²) < 4.78 is 15.2. The minimum absolute atomic E-state index is 0.00773. The van der Waals surface area contributed by atoms with Gasteiger partial charge in [0.05, 0.1) is 50.8 Å². The van der Waals surface area contributed by atoms with Crippen LogP contribution < -0.4 is 16.0 Å². The number of amides is 3. The van der Waals surface area contributed by atoms with Crippen molar-refractivity contribution in [1.29, 1.82) is 0 Å². The van der Waals surface area contributed by atoms with Crippen LogP contribution in [-0.4, -0.2) is 126 Å². The molecule has 0 saturated carbocycles. The summed E-state index contributed by atoms with van der Waals surface area (Å²) in [4.78, 5) is 133. The monoisotopic (exact) mass is 1230 g/mol. The third kappa shape index (κ3) is 35.1. The van der Waals surface area contributed by atoms with Gasteiger partial charge in [-0.15, -0.1) is 18.0 Å². The molecule has 1 unspecified atom stereocenters. The molecule has 4 N–H and O–H groups in total. The molecular weight excluding hydrogens is 1150 g/mol. The maximum atomic E-state index is 12.3. The smallest absolute Gasteiger partial charge is 0.409 e. The summed E-state index contributed by atoms with van der Waals surface area (Å²) in [7, 11) is 0. The molecule has 0 radical (unpaired) electrons. The van der Waals surface area contributed by atoms with Gasteiger partial charge in [-0.1, -0.05) is 118 Å². The van der Waals surface area contributed by atoms with Gasteiger partial charge in [0.2, 0.25) is 26.0 Å². The number of ketones is 2. The lowest BCUT2D eigenvalue weighted by atomic mass is 9.77. The number of carboxylic acid groups (broad SMARTS) is 1. The zero-order chi connectivity index (χ0) is 64.5. The average molecular weight is 1230 g/mol. The largest absolute Gasteiger partial charge is 0.481 e. The quantitative estimate of drug-likeness (QED) is 0.00471. The van der Waals surface area contributed by atoms with Crippen molar-refractivity contribution in [3.63, 3.8) is 0 Å². The number of hydrogen-bond acceptors (Lipinski definition) is 22. The van der Waals surface area contributed by atoms with Crippen LogP contribution in [0.4, 0.5) is 14.4 Å². The van der Waals surface area contributed by atoms with Crippen molar-refractivity contribution < 1.29 is 97.0 Å². The number of nitrogens with zero attached hydrogens (tertiary/aromatic N) is 3. The molecule has 482 valence electrons. The van der Waals surface area contributed by atoms with Crippen LogP contribution in [0.5, 0.6) is 0 Å². The molecule has 0 fully saturated rings. The van der Waals surface area contributed by atoms with Gasteiger partial charge in [0, 0.05) is 37.9 Å². The van der Waals surface area contributed by atoms with Gasteiger partial charge in [-0.25, -0.2) is 33.9 Å². The molecule has 0 spiro atoms. The lowest BCUT2D eigenvalue weighted by molar-refractivity contribution is -0.337. The van der Waals surface area contributed by atoms with Crippen molar-refractivity contribution in [2.24, 2.45) is 31.7 Å². The molecular formula is C62H84N6O20. The zero-order valence-electron chi connectivity index (χ0n) is 50.6. The van der Waals surface area contributed by atoms with Gasteiger partial charge in [-0.2, -0.15) is 9.78 Å². The number of alkyl carbamates (subject to hydrolysis) is 3. The van der Waals surface area contributed by atoms with Crippen LogP contribution in [0, 0.1) is 23.7 Å². The fourth-order valence-corrected chi connectivity index (χ4v) is 7.01. The Bertz CT molecular complexity index is 2590. The molecule has 0 heterocycles. The number of aliphatic carboxylic acids is 1. The van der Waals surface area contributed by atoms with E-state index in [1.54, 1.807) is 19.1 Å². The number of carbonyl (C=O) groups is 6. The molecule has 0 aliphatic heterocycles.